The van der Waals surface area contributed by atoms with Crippen LogP contribution in [0.15, 0.2) is 53.4 Å². The quantitative estimate of drug-likeness (QED) is 0.201. The first-order valence-corrected chi connectivity index (χ1v) is 7.63. The van der Waals surface area contributed by atoms with Crippen LogP contribution in [0.4, 0.5) is 5.69 Å². The zero-order valence-electron chi connectivity index (χ0n) is 12.2. The average Bonchev–Trinajstić information content (AvgIpc) is 2.54. The topological polar surface area (TPSA) is 86.5 Å². The maximum absolute atomic E-state index is 11.8. The summed E-state index contributed by atoms with van der Waals surface area (Å²) in [5.74, 6) is -0.0588. The molecule has 2 aromatic rings. The van der Waals surface area contributed by atoms with Crippen molar-refractivity contribution in [1.82, 2.24) is 0 Å². The fourth-order valence-corrected chi connectivity index (χ4v) is 2.40. The number of carbonyl (C=O) groups is 2. The number of thioether (sulfide) groups is 1. The first kappa shape index (κ1) is 16.7. The molecular weight excluding hydrogens is 318 g/mol. The largest absolute Gasteiger partial charge is 0.426 e. The number of rotatable bonds is 6. The summed E-state index contributed by atoms with van der Waals surface area (Å²) in [4.78, 5) is 33.7. The molecule has 0 aliphatic carbocycles. The molecule has 0 aliphatic heterocycles. The summed E-state index contributed by atoms with van der Waals surface area (Å²) in [6.45, 7) is 1.46. The number of Topliss-reactive ketones (excluding diaryl/α,β-unsaturated/α-hetero) is 1. The summed E-state index contributed by atoms with van der Waals surface area (Å²) in [5, 5.41) is 10.6. The molecule has 118 valence electrons. The number of benzene rings is 2. The molecule has 2 rings (SSSR count). The molecule has 0 saturated heterocycles. The molecule has 0 aromatic heterocycles. The minimum atomic E-state index is -0.479. The standard InChI is InChI=1S/C16H13NO5S/c1-11(18)12-2-6-14(7-3-12)22-16(19)10-23-15-8-4-13(5-9-15)17(20)21/h2-9H,10H2,1H3. The minimum absolute atomic E-state index is 0.00230. The summed E-state index contributed by atoms with van der Waals surface area (Å²) in [6.07, 6.45) is 0. The van der Waals surface area contributed by atoms with Crippen LogP contribution in [0.5, 0.6) is 5.75 Å². The molecule has 0 fully saturated rings. The van der Waals surface area contributed by atoms with Crippen molar-refractivity contribution in [2.45, 2.75) is 11.8 Å². The van der Waals surface area contributed by atoms with Crippen LogP contribution in [0.1, 0.15) is 17.3 Å². The second-order valence-electron chi connectivity index (χ2n) is 4.59. The summed E-state index contributed by atoms with van der Waals surface area (Å²) in [7, 11) is 0. The van der Waals surface area contributed by atoms with Crippen LogP contribution in [-0.2, 0) is 4.79 Å². The van der Waals surface area contributed by atoms with E-state index in [9.17, 15) is 19.7 Å². The highest BCUT2D eigenvalue weighted by Gasteiger charge is 2.09. The molecule has 0 radical (unpaired) electrons. The van der Waals surface area contributed by atoms with Crippen molar-refractivity contribution in [2.24, 2.45) is 0 Å². The lowest BCUT2D eigenvalue weighted by molar-refractivity contribution is -0.384. The van der Waals surface area contributed by atoms with Gasteiger partial charge in [-0.15, -0.1) is 11.8 Å². The number of hydrogen-bond donors (Lipinski definition) is 0. The van der Waals surface area contributed by atoms with Crippen LogP contribution in [0.25, 0.3) is 0 Å². The van der Waals surface area contributed by atoms with Crippen molar-refractivity contribution >= 4 is 29.2 Å². The van der Waals surface area contributed by atoms with Crippen molar-refractivity contribution in [3.63, 3.8) is 0 Å². The number of carbonyl (C=O) groups excluding carboxylic acids is 2. The fraction of sp³-hybridized carbons (Fsp3) is 0.125. The van der Waals surface area contributed by atoms with Gasteiger partial charge in [-0.1, -0.05) is 0 Å². The van der Waals surface area contributed by atoms with E-state index in [4.69, 9.17) is 4.74 Å². The molecule has 0 bridgehead atoms. The Labute approximate surface area is 136 Å². The highest BCUT2D eigenvalue weighted by atomic mass is 32.2. The number of ketones is 1. The van der Waals surface area contributed by atoms with Gasteiger partial charge in [-0.25, -0.2) is 0 Å². The van der Waals surface area contributed by atoms with Gasteiger partial charge in [-0.05, 0) is 43.3 Å². The monoisotopic (exact) mass is 331 g/mol. The number of ether oxygens (including phenoxy) is 1. The molecule has 7 heteroatoms. The van der Waals surface area contributed by atoms with Crippen LogP contribution in [-0.4, -0.2) is 22.4 Å². The van der Waals surface area contributed by atoms with Crippen LogP contribution < -0.4 is 4.74 Å². The predicted octanol–water partition coefficient (Wildman–Crippen LogP) is 3.50. The highest BCUT2D eigenvalue weighted by molar-refractivity contribution is 8.00. The highest BCUT2D eigenvalue weighted by Crippen LogP contribution is 2.22. The zero-order valence-corrected chi connectivity index (χ0v) is 13.0. The Morgan fingerprint density at radius 1 is 1.09 bits per heavy atom. The van der Waals surface area contributed by atoms with Crippen LogP contribution >= 0.6 is 11.8 Å². The third-order valence-electron chi connectivity index (χ3n) is 2.90. The Morgan fingerprint density at radius 3 is 2.22 bits per heavy atom. The summed E-state index contributed by atoms with van der Waals surface area (Å²) >= 11 is 1.22. The molecule has 0 saturated carbocycles. The number of hydrogen-bond acceptors (Lipinski definition) is 6. The van der Waals surface area contributed by atoms with E-state index in [1.54, 1.807) is 36.4 Å². The Balaban J connectivity index is 1.87. The Morgan fingerprint density at radius 2 is 1.70 bits per heavy atom. The van der Waals surface area contributed by atoms with E-state index in [2.05, 4.69) is 0 Å². The Kier molecular flexibility index (Phi) is 5.48. The van der Waals surface area contributed by atoms with E-state index in [0.29, 0.717) is 11.3 Å². The summed E-state index contributed by atoms with van der Waals surface area (Å²) < 4.78 is 5.15. The van der Waals surface area contributed by atoms with Gasteiger partial charge in [0.1, 0.15) is 5.75 Å². The first-order valence-electron chi connectivity index (χ1n) is 6.64. The van der Waals surface area contributed by atoms with E-state index in [1.165, 1.54) is 30.8 Å². The van der Waals surface area contributed by atoms with Gasteiger partial charge in [0.2, 0.25) is 0 Å². The normalized spacial score (nSPS) is 10.1. The second kappa shape index (κ2) is 7.55. The van der Waals surface area contributed by atoms with Crippen LogP contribution in [0, 0.1) is 10.1 Å². The van der Waals surface area contributed by atoms with Crippen molar-refractivity contribution in [2.75, 3.05) is 5.75 Å². The fourth-order valence-electron chi connectivity index (χ4n) is 1.72. The van der Waals surface area contributed by atoms with E-state index in [0.717, 1.165) is 4.90 Å². The van der Waals surface area contributed by atoms with E-state index in [-0.39, 0.29) is 17.2 Å². The van der Waals surface area contributed by atoms with Gasteiger partial charge in [0.15, 0.2) is 5.78 Å². The van der Waals surface area contributed by atoms with Crippen LogP contribution in [0.3, 0.4) is 0 Å². The van der Waals surface area contributed by atoms with Crippen LogP contribution in [0.2, 0.25) is 0 Å². The average molecular weight is 331 g/mol. The van der Waals surface area contributed by atoms with Gasteiger partial charge in [-0.2, -0.15) is 0 Å². The molecule has 23 heavy (non-hydrogen) atoms. The van der Waals surface area contributed by atoms with Gasteiger partial charge >= 0.3 is 5.97 Å². The number of nitro groups is 1. The van der Waals surface area contributed by atoms with Gasteiger partial charge in [0, 0.05) is 22.6 Å². The van der Waals surface area contributed by atoms with Crippen molar-refractivity contribution in [1.29, 1.82) is 0 Å². The lowest BCUT2D eigenvalue weighted by Crippen LogP contribution is -2.10. The minimum Gasteiger partial charge on any atom is -0.426 e. The molecule has 6 nitrogen and oxygen atoms in total. The molecule has 0 unspecified atom stereocenters. The van der Waals surface area contributed by atoms with E-state index >= 15 is 0 Å². The second-order valence-corrected chi connectivity index (χ2v) is 5.64. The maximum atomic E-state index is 11.8. The molecule has 0 N–H and O–H groups in total. The smallest absolute Gasteiger partial charge is 0.321 e. The van der Waals surface area contributed by atoms with Crippen molar-refractivity contribution < 1.29 is 19.2 Å². The van der Waals surface area contributed by atoms with Gasteiger partial charge in [0.25, 0.3) is 5.69 Å². The molecule has 2 aromatic carbocycles. The number of esters is 1. The van der Waals surface area contributed by atoms with E-state index < -0.39 is 10.9 Å². The first-order chi connectivity index (χ1) is 11.0. The molecular formula is C16H13NO5S. The number of nitrogens with zero attached hydrogens (tertiary/aromatic N) is 1. The molecule has 0 spiro atoms. The number of nitro benzene ring substituents is 1. The van der Waals surface area contributed by atoms with Gasteiger partial charge in [0.05, 0.1) is 10.7 Å². The summed E-state index contributed by atoms with van der Waals surface area (Å²) in [6, 6.07) is 12.2. The van der Waals surface area contributed by atoms with Crippen molar-refractivity contribution in [3.8, 4) is 5.75 Å². The lowest BCUT2D eigenvalue weighted by Gasteiger charge is -2.05. The van der Waals surface area contributed by atoms with Crippen molar-refractivity contribution in [3.05, 3.63) is 64.2 Å². The maximum Gasteiger partial charge on any atom is 0.321 e. The molecule has 0 heterocycles. The third-order valence-corrected chi connectivity index (χ3v) is 3.88. The zero-order chi connectivity index (χ0) is 16.8. The van der Waals surface area contributed by atoms with Gasteiger partial charge in [-0.3, -0.25) is 19.7 Å². The lowest BCUT2D eigenvalue weighted by atomic mass is 10.1. The predicted molar refractivity (Wildman–Crippen MR) is 85.9 cm³/mol. The van der Waals surface area contributed by atoms with Gasteiger partial charge < -0.3 is 4.74 Å². The summed E-state index contributed by atoms with van der Waals surface area (Å²) in [5.41, 5.74) is 0.549. The van der Waals surface area contributed by atoms with E-state index in [1.807, 2.05) is 0 Å². The molecule has 0 aliphatic rings. The molecule has 0 atom stereocenters. The SMILES string of the molecule is CC(=O)c1ccc(OC(=O)CSc2ccc([N+](=O)[O-])cc2)cc1. The third kappa shape index (κ3) is 4.93. The number of non-ortho nitro benzene ring substituents is 1. The Hall–Kier alpha value is -2.67. The Bertz CT molecular complexity index is 725. The molecule has 0 amide bonds.